The molecule has 0 fully saturated rings. The van der Waals surface area contributed by atoms with Crippen LogP contribution in [0.3, 0.4) is 0 Å². The highest BCUT2D eigenvalue weighted by molar-refractivity contribution is 5.92. The van der Waals surface area contributed by atoms with Gasteiger partial charge in [-0.2, -0.15) is 0 Å². The average Bonchev–Trinajstić information content (AvgIpc) is 2.27. The van der Waals surface area contributed by atoms with E-state index >= 15 is 0 Å². The number of hydrogen-bond donors (Lipinski definition) is 1. The van der Waals surface area contributed by atoms with Gasteiger partial charge in [-0.1, -0.05) is 19.9 Å². The second-order valence-electron chi connectivity index (χ2n) is 4.68. The van der Waals surface area contributed by atoms with Crippen molar-refractivity contribution >= 4 is 11.6 Å². The molecule has 0 aliphatic heterocycles. The van der Waals surface area contributed by atoms with E-state index in [0.29, 0.717) is 18.1 Å². The summed E-state index contributed by atoms with van der Waals surface area (Å²) in [4.78, 5) is 11.7. The Hall–Kier alpha value is -1.51. The summed E-state index contributed by atoms with van der Waals surface area (Å²) in [5.41, 5.74) is 1.85. The fraction of sp³-hybridized carbons (Fsp3) is 0.500. The van der Waals surface area contributed by atoms with Crippen LogP contribution < -0.4 is 10.1 Å². The number of ether oxygens (including phenoxy) is 1. The zero-order chi connectivity index (χ0) is 12.8. The minimum absolute atomic E-state index is 0.0441. The van der Waals surface area contributed by atoms with Crippen LogP contribution in [0.1, 0.15) is 32.3 Å². The van der Waals surface area contributed by atoms with Gasteiger partial charge in [0.25, 0.3) is 0 Å². The summed E-state index contributed by atoms with van der Waals surface area (Å²) in [5.74, 6) is 1.29. The third-order valence-electron chi connectivity index (χ3n) is 2.58. The standard InChI is InChI=1S/C14H21NO2/c1-10(2)5-8-14(16)15-12-9-11(3)6-7-13(12)17-4/h6-7,9-10H,5,8H2,1-4H3,(H,15,16). The largest absolute Gasteiger partial charge is 0.495 e. The Kier molecular flexibility index (Phi) is 5.01. The maximum absolute atomic E-state index is 11.7. The van der Waals surface area contributed by atoms with E-state index in [2.05, 4.69) is 19.2 Å². The fourth-order valence-electron chi connectivity index (χ4n) is 1.55. The highest BCUT2D eigenvalue weighted by Gasteiger charge is 2.08. The van der Waals surface area contributed by atoms with E-state index in [0.717, 1.165) is 17.7 Å². The van der Waals surface area contributed by atoms with Gasteiger partial charge in [0.15, 0.2) is 0 Å². The molecule has 3 nitrogen and oxygen atoms in total. The molecule has 0 aliphatic carbocycles. The highest BCUT2D eigenvalue weighted by Crippen LogP contribution is 2.25. The predicted octanol–water partition coefficient (Wildman–Crippen LogP) is 3.38. The van der Waals surface area contributed by atoms with Gasteiger partial charge in [0.05, 0.1) is 12.8 Å². The number of carbonyl (C=O) groups is 1. The Morgan fingerprint density at radius 1 is 1.41 bits per heavy atom. The predicted molar refractivity (Wildman–Crippen MR) is 70.4 cm³/mol. The van der Waals surface area contributed by atoms with Crippen LogP contribution in [0.4, 0.5) is 5.69 Å². The van der Waals surface area contributed by atoms with Crippen LogP contribution >= 0.6 is 0 Å². The van der Waals surface area contributed by atoms with Crippen molar-refractivity contribution in [2.75, 3.05) is 12.4 Å². The third-order valence-corrected chi connectivity index (χ3v) is 2.58. The fourth-order valence-corrected chi connectivity index (χ4v) is 1.55. The number of methoxy groups -OCH3 is 1. The number of carbonyl (C=O) groups excluding carboxylic acids is 1. The number of hydrogen-bond acceptors (Lipinski definition) is 2. The monoisotopic (exact) mass is 235 g/mol. The molecular weight excluding hydrogens is 214 g/mol. The Morgan fingerprint density at radius 2 is 2.12 bits per heavy atom. The summed E-state index contributed by atoms with van der Waals surface area (Å²) in [6, 6.07) is 5.75. The Morgan fingerprint density at radius 3 is 2.71 bits per heavy atom. The van der Waals surface area contributed by atoms with Crippen LogP contribution in [0.2, 0.25) is 0 Å². The summed E-state index contributed by atoms with van der Waals surface area (Å²) in [7, 11) is 1.61. The van der Waals surface area contributed by atoms with E-state index in [-0.39, 0.29) is 5.91 Å². The van der Waals surface area contributed by atoms with Crippen LogP contribution in [0.5, 0.6) is 5.75 Å². The minimum atomic E-state index is 0.0441. The molecule has 1 amide bonds. The molecule has 0 radical (unpaired) electrons. The lowest BCUT2D eigenvalue weighted by molar-refractivity contribution is -0.116. The molecule has 1 N–H and O–H groups in total. The first-order valence-electron chi connectivity index (χ1n) is 5.97. The number of rotatable bonds is 5. The van der Waals surface area contributed by atoms with Crippen molar-refractivity contribution in [3.63, 3.8) is 0 Å². The summed E-state index contributed by atoms with van der Waals surface area (Å²) in [6.45, 7) is 6.21. The summed E-state index contributed by atoms with van der Waals surface area (Å²) in [6.07, 6.45) is 1.45. The second kappa shape index (κ2) is 6.28. The van der Waals surface area contributed by atoms with Crippen LogP contribution in [0.25, 0.3) is 0 Å². The molecular formula is C14H21NO2. The third kappa shape index (κ3) is 4.47. The lowest BCUT2D eigenvalue weighted by atomic mass is 10.1. The maximum atomic E-state index is 11.7. The van der Waals surface area contributed by atoms with E-state index in [1.54, 1.807) is 7.11 Å². The molecule has 0 spiro atoms. The quantitative estimate of drug-likeness (QED) is 0.849. The molecule has 17 heavy (non-hydrogen) atoms. The SMILES string of the molecule is COc1ccc(C)cc1NC(=O)CCC(C)C. The molecule has 0 atom stereocenters. The first-order valence-corrected chi connectivity index (χ1v) is 5.97. The summed E-state index contributed by atoms with van der Waals surface area (Å²) >= 11 is 0. The molecule has 0 heterocycles. The Balaban J connectivity index is 2.66. The maximum Gasteiger partial charge on any atom is 0.224 e. The van der Waals surface area contributed by atoms with Gasteiger partial charge >= 0.3 is 0 Å². The highest BCUT2D eigenvalue weighted by atomic mass is 16.5. The van der Waals surface area contributed by atoms with Gasteiger partial charge in [-0.05, 0) is 37.0 Å². The number of anilines is 1. The van der Waals surface area contributed by atoms with Crippen molar-refractivity contribution in [3.05, 3.63) is 23.8 Å². The van der Waals surface area contributed by atoms with Crippen LogP contribution in [-0.4, -0.2) is 13.0 Å². The first kappa shape index (κ1) is 13.6. The summed E-state index contributed by atoms with van der Waals surface area (Å²) in [5, 5.41) is 2.89. The van der Waals surface area contributed by atoms with E-state index in [4.69, 9.17) is 4.74 Å². The van der Waals surface area contributed by atoms with Gasteiger partial charge in [0.1, 0.15) is 5.75 Å². The van der Waals surface area contributed by atoms with E-state index in [9.17, 15) is 4.79 Å². The van der Waals surface area contributed by atoms with Gasteiger partial charge in [0.2, 0.25) is 5.91 Å². The number of benzene rings is 1. The molecule has 1 aromatic rings. The van der Waals surface area contributed by atoms with E-state index in [1.807, 2.05) is 25.1 Å². The number of amides is 1. The van der Waals surface area contributed by atoms with Crippen LogP contribution in [0, 0.1) is 12.8 Å². The molecule has 3 heteroatoms. The normalized spacial score (nSPS) is 10.4. The number of aryl methyl sites for hydroxylation is 1. The van der Waals surface area contributed by atoms with E-state index < -0.39 is 0 Å². The van der Waals surface area contributed by atoms with Gasteiger partial charge in [-0.3, -0.25) is 4.79 Å². The second-order valence-corrected chi connectivity index (χ2v) is 4.68. The van der Waals surface area contributed by atoms with Crippen molar-refractivity contribution in [1.29, 1.82) is 0 Å². The first-order chi connectivity index (χ1) is 8.02. The molecule has 0 aromatic heterocycles. The van der Waals surface area contributed by atoms with Crippen molar-refractivity contribution in [2.45, 2.75) is 33.6 Å². The van der Waals surface area contributed by atoms with Crippen LogP contribution in [-0.2, 0) is 4.79 Å². The molecule has 0 bridgehead atoms. The lowest BCUT2D eigenvalue weighted by Crippen LogP contribution is -2.13. The molecule has 0 saturated carbocycles. The molecule has 1 rings (SSSR count). The van der Waals surface area contributed by atoms with Gasteiger partial charge < -0.3 is 10.1 Å². The average molecular weight is 235 g/mol. The van der Waals surface area contributed by atoms with E-state index in [1.165, 1.54) is 0 Å². The topological polar surface area (TPSA) is 38.3 Å². The van der Waals surface area contributed by atoms with Crippen molar-refractivity contribution in [3.8, 4) is 5.75 Å². The number of nitrogens with one attached hydrogen (secondary N) is 1. The zero-order valence-corrected chi connectivity index (χ0v) is 11.0. The van der Waals surface area contributed by atoms with Gasteiger partial charge in [-0.15, -0.1) is 0 Å². The Labute approximate surface area is 103 Å². The minimum Gasteiger partial charge on any atom is -0.495 e. The molecule has 1 aromatic carbocycles. The summed E-state index contributed by atoms with van der Waals surface area (Å²) < 4.78 is 5.21. The molecule has 0 unspecified atom stereocenters. The zero-order valence-electron chi connectivity index (χ0n) is 11.0. The molecule has 0 aliphatic rings. The van der Waals surface area contributed by atoms with Gasteiger partial charge in [0, 0.05) is 6.42 Å². The van der Waals surface area contributed by atoms with Gasteiger partial charge in [-0.25, -0.2) is 0 Å². The lowest BCUT2D eigenvalue weighted by Gasteiger charge is -2.11. The van der Waals surface area contributed by atoms with Crippen LogP contribution in [0.15, 0.2) is 18.2 Å². The smallest absolute Gasteiger partial charge is 0.224 e. The molecule has 94 valence electrons. The van der Waals surface area contributed by atoms with Crippen molar-refractivity contribution in [1.82, 2.24) is 0 Å². The van der Waals surface area contributed by atoms with Crippen molar-refractivity contribution in [2.24, 2.45) is 5.92 Å². The Bertz CT molecular complexity index is 386. The molecule has 0 saturated heterocycles. The van der Waals surface area contributed by atoms with Crippen molar-refractivity contribution < 1.29 is 9.53 Å².